The fourth-order valence-corrected chi connectivity index (χ4v) is 2.13. The van der Waals surface area contributed by atoms with Crippen molar-refractivity contribution in [3.8, 4) is 5.75 Å². The van der Waals surface area contributed by atoms with E-state index in [4.69, 9.17) is 4.18 Å². The molecule has 0 aliphatic rings. The zero-order chi connectivity index (χ0) is 12.3. The van der Waals surface area contributed by atoms with E-state index in [1.54, 1.807) is 0 Å². The largest absolute Gasteiger partial charge is 0.379 e. The van der Waals surface area contributed by atoms with E-state index in [9.17, 15) is 12.8 Å². The van der Waals surface area contributed by atoms with Gasteiger partial charge in [0.1, 0.15) is 16.5 Å². The maximum Gasteiger partial charge on any atom is 0.339 e. The summed E-state index contributed by atoms with van der Waals surface area (Å²) in [7, 11) is -3.91. The Balaban J connectivity index is 2.29. The maximum absolute atomic E-state index is 12.7. The van der Waals surface area contributed by atoms with Crippen molar-refractivity contribution in [2.24, 2.45) is 0 Å². The normalized spacial score (nSPS) is 11.1. The first-order valence-corrected chi connectivity index (χ1v) is 6.15. The van der Waals surface area contributed by atoms with Crippen molar-refractivity contribution < 1.29 is 17.0 Å². The fraction of sp³-hybridized carbons (Fsp3) is 0. The van der Waals surface area contributed by atoms with Crippen LogP contribution < -0.4 is 4.18 Å². The van der Waals surface area contributed by atoms with Crippen LogP contribution in [0.2, 0.25) is 0 Å². The van der Waals surface area contributed by atoms with E-state index >= 15 is 0 Å². The van der Waals surface area contributed by atoms with Crippen molar-refractivity contribution >= 4 is 10.1 Å². The smallest absolute Gasteiger partial charge is 0.339 e. The molecule has 0 amide bonds. The Labute approximate surface area is 98.6 Å². The van der Waals surface area contributed by atoms with Gasteiger partial charge in [-0.1, -0.05) is 12.1 Å². The lowest BCUT2D eigenvalue weighted by atomic mass is 10.3. The van der Waals surface area contributed by atoms with Gasteiger partial charge < -0.3 is 4.18 Å². The molecular formula is C12H8FO3S. The lowest BCUT2D eigenvalue weighted by Gasteiger charge is -2.06. The average Bonchev–Trinajstić information content (AvgIpc) is 2.30. The zero-order valence-corrected chi connectivity index (χ0v) is 9.45. The van der Waals surface area contributed by atoms with Crippen molar-refractivity contribution in [1.29, 1.82) is 0 Å². The fourth-order valence-electron chi connectivity index (χ4n) is 1.20. The molecule has 1 radical (unpaired) electrons. The van der Waals surface area contributed by atoms with E-state index in [2.05, 4.69) is 6.07 Å². The molecule has 2 rings (SSSR count). The third-order valence-corrected chi connectivity index (χ3v) is 3.26. The summed E-state index contributed by atoms with van der Waals surface area (Å²) in [4.78, 5) is -0.0910. The number of halogens is 1. The van der Waals surface area contributed by atoms with Crippen LogP contribution in [0.1, 0.15) is 0 Å². The van der Waals surface area contributed by atoms with Crippen LogP contribution in [0.15, 0.2) is 53.4 Å². The summed E-state index contributed by atoms with van der Waals surface area (Å²) in [5.41, 5.74) is 0. The molecule has 17 heavy (non-hydrogen) atoms. The van der Waals surface area contributed by atoms with Crippen molar-refractivity contribution in [2.45, 2.75) is 4.90 Å². The van der Waals surface area contributed by atoms with Crippen LogP contribution in [-0.4, -0.2) is 8.42 Å². The lowest BCUT2D eigenvalue weighted by Crippen LogP contribution is -2.09. The second-order valence-electron chi connectivity index (χ2n) is 3.23. The molecule has 0 spiro atoms. The maximum atomic E-state index is 12.7. The van der Waals surface area contributed by atoms with Gasteiger partial charge in [-0.25, -0.2) is 4.39 Å². The molecule has 0 fully saturated rings. The van der Waals surface area contributed by atoms with Gasteiger partial charge in [0, 0.05) is 0 Å². The van der Waals surface area contributed by atoms with Gasteiger partial charge in [-0.15, -0.1) is 0 Å². The molecule has 2 aromatic rings. The van der Waals surface area contributed by atoms with Gasteiger partial charge in [0.15, 0.2) is 0 Å². The minimum Gasteiger partial charge on any atom is -0.379 e. The molecule has 0 aliphatic heterocycles. The molecular weight excluding hydrogens is 243 g/mol. The van der Waals surface area contributed by atoms with Crippen LogP contribution in [-0.2, 0) is 10.1 Å². The molecule has 5 heteroatoms. The minimum atomic E-state index is -3.91. The molecule has 87 valence electrons. The molecule has 0 unspecified atom stereocenters. The van der Waals surface area contributed by atoms with Gasteiger partial charge in [0.05, 0.1) is 0 Å². The molecule has 0 N–H and O–H groups in total. The highest BCUT2D eigenvalue weighted by Crippen LogP contribution is 2.17. The quantitative estimate of drug-likeness (QED) is 0.787. The molecule has 0 aromatic heterocycles. The molecule has 3 nitrogen and oxygen atoms in total. The summed E-state index contributed by atoms with van der Waals surface area (Å²) >= 11 is 0. The van der Waals surface area contributed by atoms with E-state index in [1.165, 1.54) is 24.3 Å². The Hall–Kier alpha value is -1.88. The Morgan fingerprint density at radius 3 is 2.18 bits per heavy atom. The minimum absolute atomic E-state index is 0.0910. The van der Waals surface area contributed by atoms with E-state index in [-0.39, 0.29) is 10.6 Å². The van der Waals surface area contributed by atoms with Crippen LogP contribution >= 0.6 is 0 Å². The van der Waals surface area contributed by atoms with Gasteiger partial charge in [-0.05, 0) is 42.5 Å². The predicted octanol–water partition coefficient (Wildman–Crippen LogP) is 2.39. The summed E-state index contributed by atoms with van der Waals surface area (Å²) in [6, 6.07) is 13.2. The first kappa shape index (κ1) is 11.6. The third-order valence-electron chi connectivity index (χ3n) is 2.00. The van der Waals surface area contributed by atoms with Crippen LogP contribution in [0.25, 0.3) is 0 Å². The standard InChI is InChI=1S/C12H8FO3S/c13-10-6-8-12(9-7-10)17(14,15)16-11-4-2-1-3-5-11/h2-9H. The monoisotopic (exact) mass is 251 g/mol. The highest BCUT2D eigenvalue weighted by Gasteiger charge is 2.16. The Kier molecular flexibility index (Phi) is 3.10. The molecule has 0 aliphatic carbocycles. The summed E-state index contributed by atoms with van der Waals surface area (Å²) in [6.07, 6.45) is 0. The number of rotatable bonds is 3. The van der Waals surface area contributed by atoms with Crippen molar-refractivity contribution in [1.82, 2.24) is 0 Å². The van der Waals surface area contributed by atoms with Crippen LogP contribution in [0, 0.1) is 11.9 Å². The first-order valence-electron chi connectivity index (χ1n) is 4.74. The van der Waals surface area contributed by atoms with Gasteiger partial charge in [0.25, 0.3) is 0 Å². The topological polar surface area (TPSA) is 43.4 Å². The molecule has 0 atom stereocenters. The highest BCUT2D eigenvalue weighted by molar-refractivity contribution is 7.87. The zero-order valence-electron chi connectivity index (χ0n) is 8.63. The summed E-state index contributed by atoms with van der Waals surface area (Å²) in [6.45, 7) is 0. The van der Waals surface area contributed by atoms with Crippen LogP contribution in [0.5, 0.6) is 5.75 Å². The molecule has 0 heterocycles. The summed E-state index contributed by atoms with van der Waals surface area (Å²) in [5, 5.41) is 0. The molecule has 2 aromatic carbocycles. The number of benzene rings is 2. The first-order chi connectivity index (χ1) is 8.08. The predicted molar refractivity (Wildman–Crippen MR) is 59.5 cm³/mol. The van der Waals surface area contributed by atoms with E-state index in [0.717, 1.165) is 24.3 Å². The molecule has 0 saturated heterocycles. The van der Waals surface area contributed by atoms with E-state index in [0.29, 0.717) is 0 Å². The highest BCUT2D eigenvalue weighted by atomic mass is 32.2. The van der Waals surface area contributed by atoms with Crippen molar-refractivity contribution in [3.05, 3.63) is 60.4 Å². The lowest BCUT2D eigenvalue weighted by molar-refractivity contribution is 0.486. The summed E-state index contributed by atoms with van der Waals surface area (Å²) in [5.74, 6) is -0.314. The van der Waals surface area contributed by atoms with Crippen LogP contribution in [0.4, 0.5) is 4.39 Å². The van der Waals surface area contributed by atoms with Gasteiger partial charge in [0.2, 0.25) is 0 Å². The second-order valence-corrected chi connectivity index (χ2v) is 4.77. The second kappa shape index (κ2) is 4.55. The third kappa shape index (κ3) is 2.82. The Morgan fingerprint density at radius 2 is 1.59 bits per heavy atom. The van der Waals surface area contributed by atoms with Gasteiger partial charge in [-0.2, -0.15) is 8.42 Å². The van der Waals surface area contributed by atoms with Crippen molar-refractivity contribution in [3.63, 3.8) is 0 Å². The van der Waals surface area contributed by atoms with Gasteiger partial charge in [-0.3, -0.25) is 0 Å². The van der Waals surface area contributed by atoms with Crippen LogP contribution in [0.3, 0.4) is 0 Å². The Bertz CT molecular complexity index is 591. The van der Waals surface area contributed by atoms with E-state index < -0.39 is 15.9 Å². The number of hydrogen-bond acceptors (Lipinski definition) is 3. The Morgan fingerprint density at radius 1 is 1.00 bits per heavy atom. The molecule has 0 bridgehead atoms. The van der Waals surface area contributed by atoms with E-state index in [1.807, 2.05) is 0 Å². The SMILES string of the molecule is O=S(=O)(Oc1cc[c]cc1)c1ccc(F)cc1. The average molecular weight is 251 g/mol. The van der Waals surface area contributed by atoms with Crippen molar-refractivity contribution in [2.75, 3.05) is 0 Å². The molecule has 0 saturated carbocycles. The number of hydrogen-bond donors (Lipinski definition) is 0. The summed E-state index contributed by atoms with van der Waals surface area (Å²) < 4.78 is 41.0. The van der Waals surface area contributed by atoms with Gasteiger partial charge >= 0.3 is 10.1 Å².